The molecule has 0 spiro atoms. The molecule has 0 saturated carbocycles. The molecule has 2 rings (SSSR count). The third kappa shape index (κ3) is 3.93. The minimum absolute atomic E-state index is 0.0380. The molecule has 0 bridgehead atoms. The van der Waals surface area contributed by atoms with E-state index in [1.165, 1.54) is 11.8 Å². The predicted octanol–water partition coefficient (Wildman–Crippen LogP) is 4.84. The van der Waals surface area contributed by atoms with E-state index in [0.29, 0.717) is 9.23 Å². The summed E-state index contributed by atoms with van der Waals surface area (Å²) >= 11 is 10.1. The van der Waals surface area contributed by atoms with Gasteiger partial charge in [0.1, 0.15) is 4.32 Å². The molecule has 106 valence electrons. The summed E-state index contributed by atoms with van der Waals surface area (Å²) in [5.41, 5.74) is 1.01. The molecule has 0 aromatic heterocycles. The molecule has 0 aliphatic carbocycles. The molecule has 1 aromatic rings. The van der Waals surface area contributed by atoms with E-state index in [4.69, 9.17) is 12.2 Å². The molecule has 0 unspecified atom stereocenters. The number of hydrogen-bond acceptors (Lipinski definition) is 3. The number of benzene rings is 1. The average Bonchev–Trinajstić information content (AvgIpc) is 2.66. The summed E-state index contributed by atoms with van der Waals surface area (Å²) in [5.74, 6) is 0.0380. The number of unbranched alkanes of at least 4 members (excludes halogenated alkanes) is 2. The highest BCUT2D eigenvalue weighted by atomic mass is 79.9. The first-order valence-electron chi connectivity index (χ1n) is 6.62. The Labute approximate surface area is 137 Å². The Morgan fingerprint density at radius 3 is 2.90 bits per heavy atom. The van der Waals surface area contributed by atoms with Crippen molar-refractivity contribution in [2.45, 2.75) is 26.2 Å². The summed E-state index contributed by atoms with van der Waals surface area (Å²) in [7, 11) is 0. The van der Waals surface area contributed by atoms with Crippen LogP contribution < -0.4 is 0 Å². The van der Waals surface area contributed by atoms with Crippen LogP contribution in [0, 0.1) is 0 Å². The molecule has 2 nitrogen and oxygen atoms in total. The molecule has 5 heteroatoms. The van der Waals surface area contributed by atoms with Crippen molar-refractivity contribution in [1.82, 2.24) is 4.90 Å². The number of rotatable bonds is 5. The van der Waals surface area contributed by atoms with Gasteiger partial charge >= 0.3 is 0 Å². The quantitative estimate of drug-likeness (QED) is 0.420. The zero-order chi connectivity index (χ0) is 14.5. The maximum Gasteiger partial charge on any atom is 0.266 e. The zero-order valence-corrected chi connectivity index (χ0v) is 14.5. The lowest BCUT2D eigenvalue weighted by Gasteiger charge is -2.13. The van der Waals surface area contributed by atoms with Crippen molar-refractivity contribution in [3.8, 4) is 0 Å². The second-order valence-corrected chi connectivity index (χ2v) is 7.19. The van der Waals surface area contributed by atoms with Gasteiger partial charge in [-0.3, -0.25) is 9.69 Å². The van der Waals surface area contributed by atoms with Crippen molar-refractivity contribution < 1.29 is 4.79 Å². The second kappa shape index (κ2) is 7.38. The fourth-order valence-corrected chi connectivity index (χ4v) is 3.69. The number of thiocarbonyl (C=S) groups is 1. The first-order valence-corrected chi connectivity index (χ1v) is 8.64. The van der Waals surface area contributed by atoms with Gasteiger partial charge in [0, 0.05) is 11.0 Å². The first-order chi connectivity index (χ1) is 9.61. The number of halogens is 1. The van der Waals surface area contributed by atoms with Crippen molar-refractivity contribution in [2.75, 3.05) is 6.54 Å². The molecular formula is C15H16BrNOS2. The van der Waals surface area contributed by atoms with Gasteiger partial charge in [0.05, 0.1) is 4.91 Å². The normalized spacial score (nSPS) is 17.3. The highest BCUT2D eigenvalue weighted by Crippen LogP contribution is 2.33. The Bertz CT molecular complexity index is 557. The van der Waals surface area contributed by atoms with Crippen molar-refractivity contribution in [2.24, 2.45) is 0 Å². The minimum atomic E-state index is 0.0380. The zero-order valence-electron chi connectivity index (χ0n) is 11.3. The third-order valence-electron chi connectivity index (χ3n) is 3.01. The largest absolute Gasteiger partial charge is 0.293 e. The van der Waals surface area contributed by atoms with Crippen LogP contribution in [0.4, 0.5) is 0 Å². The maximum atomic E-state index is 12.3. The van der Waals surface area contributed by atoms with Crippen LogP contribution in [0.2, 0.25) is 0 Å². The standard InChI is InChI=1S/C15H16BrNOS2/c1-2-3-4-8-17-14(18)13(20-15(17)19)10-11-6-5-7-12(16)9-11/h5-7,9-10H,2-4,8H2,1H3/b13-10-. The lowest BCUT2D eigenvalue weighted by molar-refractivity contribution is -0.122. The van der Waals surface area contributed by atoms with Gasteiger partial charge in [0.15, 0.2) is 0 Å². The van der Waals surface area contributed by atoms with Crippen LogP contribution in [0.1, 0.15) is 31.7 Å². The number of nitrogens with zero attached hydrogens (tertiary/aromatic N) is 1. The van der Waals surface area contributed by atoms with Crippen molar-refractivity contribution in [1.29, 1.82) is 0 Å². The topological polar surface area (TPSA) is 20.3 Å². The van der Waals surface area contributed by atoms with E-state index in [2.05, 4.69) is 22.9 Å². The molecule has 1 aliphatic rings. The van der Waals surface area contributed by atoms with E-state index >= 15 is 0 Å². The van der Waals surface area contributed by atoms with Crippen LogP contribution in [0.3, 0.4) is 0 Å². The molecule has 0 radical (unpaired) electrons. The molecule has 1 aliphatic heterocycles. The summed E-state index contributed by atoms with van der Waals surface area (Å²) in [6, 6.07) is 7.89. The molecular weight excluding hydrogens is 354 g/mol. The minimum Gasteiger partial charge on any atom is -0.293 e. The number of carbonyl (C=O) groups excluding carboxylic acids is 1. The fourth-order valence-electron chi connectivity index (χ4n) is 1.96. The summed E-state index contributed by atoms with van der Waals surface area (Å²) in [6.45, 7) is 2.88. The smallest absolute Gasteiger partial charge is 0.266 e. The lowest BCUT2D eigenvalue weighted by atomic mass is 10.2. The maximum absolute atomic E-state index is 12.3. The highest BCUT2D eigenvalue weighted by Gasteiger charge is 2.31. The van der Waals surface area contributed by atoms with Gasteiger partial charge in [-0.1, -0.05) is 71.8 Å². The van der Waals surface area contributed by atoms with Crippen LogP contribution in [0.5, 0.6) is 0 Å². The third-order valence-corrected chi connectivity index (χ3v) is 4.88. The molecule has 1 heterocycles. The van der Waals surface area contributed by atoms with E-state index in [1.807, 2.05) is 30.3 Å². The van der Waals surface area contributed by atoms with Gasteiger partial charge in [-0.05, 0) is 30.2 Å². The van der Waals surface area contributed by atoms with Gasteiger partial charge < -0.3 is 0 Å². The Morgan fingerprint density at radius 1 is 1.40 bits per heavy atom. The SMILES string of the molecule is CCCCCN1C(=O)/C(=C/c2cccc(Br)c2)SC1=S. The summed E-state index contributed by atoms with van der Waals surface area (Å²) in [6.07, 6.45) is 5.18. The van der Waals surface area contributed by atoms with Crippen LogP contribution in [-0.4, -0.2) is 21.7 Å². The molecule has 0 atom stereocenters. The lowest BCUT2D eigenvalue weighted by Crippen LogP contribution is -2.28. The predicted molar refractivity (Wildman–Crippen MR) is 93.5 cm³/mol. The number of carbonyl (C=O) groups is 1. The number of thioether (sulfide) groups is 1. The van der Waals surface area contributed by atoms with Crippen LogP contribution in [-0.2, 0) is 4.79 Å². The van der Waals surface area contributed by atoms with E-state index in [0.717, 1.165) is 35.8 Å². The summed E-state index contributed by atoms with van der Waals surface area (Å²) < 4.78 is 1.68. The Balaban J connectivity index is 2.11. The van der Waals surface area contributed by atoms with Gasteiger partial charge in [0.2, 0.25) is 0 Å². The van der Waals surface area contributed by atoms with E-state index in [-0.39, 0.29) is 5.91 Å². The molecule has 1 fully saturated rings. The van der Waals surface area contributed by atoms with Crippen LogP contribution in [0.25, 0.3) is 6.08 Å². The van der Waals surface area contributed by atoms with Gasteiger partial charge in [0.25, 0.3) is 5.91 Å². The Hall–Kier alpha value is -0.650. The van der Waals surface area contributed by atoms with E-state index in [9.17, 15) is 4.79 Å². The van der Waals surface area contributed by atoms with Gasteiger partial charge in [-0.2, -0.15) is 0 Å². The molecule has 20 heavy (non-hydrogen) atoms. The molecule has 1 aromatic carbocycles. The van der Waals surface area contributed by atoms with Crippen LogP contribution in [0.15, 0.2) is 33.6 Å². The Morgan fingerprint density at radius 2 is 2.20 bits per heavy atom. The monoisotopic (exact) mass is 369 g/mol. The fraction of sp³-hybridized carbons (Fsp3) is 0.333. The summed E-state index contributed by atoms with van der Waals surface area (Å²) in [4.78, 5) is 14.8. The second-order valence-electron chi connectivity index (χ2n) is 4.60. The average molecular weight is 370 g/mol. The summed E-state index contributed by atoms with van der Waals surface area (Å²) in [5, 5.41) is 0. The highest BCUT2D eigenvalue weighted by molar-refractivity contribution is 9.10. The first kappa shape index (κ1) is 15.7. The van der Waals surface area contributed by atoms with Crippen molar-refractivity contribution >= 4 is 56.2 Å². The van der Waals surface area contributed by atoms with Gasteiger partial charge in [-0.25, -0.2) is 0 Å². The van der Waals surface area contributed by atoms with E-state index < -0.39 is 0 Å². The van der Waals surface area contributed by atoms with Crippen LogP contribution >= 0.6 is 39.9 Å². The number of hydrogen-bond donors (Lipinski definition) is 0. The molecule has 1 amide bonds. The van der Waals surface area contributed by atoms with Crippen molar-refractivity contribution in [3.05, 3.63) is 39.2 Å². The van der Waals surface area contributed by atoms with E-state index in [1.54, 1.807) is 4.90 Å². The van der Waals surface area contributed by atoms with Crippen molar-refractivity contribution in [3.63, 3.8) is 0 Å². The molecule has 0 N–H and O–H groups in total. The molecule has 1 saturated heterocycles. The number of amides is 1. The van der Waals surface area contributed by atoms with Gasteiger partial charge in [-0.15, -0.1) is 0 Å². The Kier molecular flexibility index (Phi) is 5.81.